The molecule has 0 atom stereocenters. The largest absolute Gasteiger partial charge is 0.397 e. The number of primary amides is 1. The summed E-state index contributed by atoms with van der Waals surface area (Å²) in [6, 6.07) is 0.985. The Balaban J connectivity index is 2.61. The molecule has 0 fully saturated rings. The fraction of sp³-hybridized carbons (Fsp3) is 0.182. The Morgan fingerprint density at radius 2 is 2.06 bits per heavy atom. The minimum absolute atomic E-state index is 0.255. The standard InChI is InChI=1S/C11H12N4O2S/c1-4-3-5(2)14-10-6(4)7(12)8(18-10)9(16)15-11(13)17/h3H,12H2,1-2H3,(H3,13,15,16,17). The quantitative estimate of drug-likeness (QED) is 0.720. The summed E-state index contributed by atoms with van der Waals surface area (Å²) in [5.41, 5.74) is 13.0. The summed E-state index contributed by atoms with van der Waals surface area (Å²) < 4.78 is 0. The Bertz CT molecular complexity index is 663. The van der Waals surface area contributed by atoms with Crippen molar-refractivity contribution in [3.05, 3.63) is 22.2 Å². The normalized spacial score (nSPS) is 10.6. The van der Waals surface area contributed by atoms with Gasteiger partial charge in [-0.2, -0.15) is 0 Å². The van der Waals surface area contributed by atoms with Gasteiger partial charge < -0.3 is 11.5 Å². The number of fused-ring (bicyclic) bond motifs is 1. The molecular formula is C11H12N4O2S. The van der Waals surface area contributed by atoms with Crippen LogP contribution in [0.5, 0.6) is 0 Å². The number of urea groups is 1. The van der Waals surface area contributed by atoms with Gasteiger partial charge in [0.05, 0.1) is 5.69 Å². The molecular weight excluding hydrogens is 252 g/mol. The van der Waals surface area contributed by atoms with E-state index in [9.17, 15) is 9.59 Å². The molecule has 0 saturated carbocycles. The molecule has 0 aromatic carbocycles. The zero-order valence-electron chi connectivity index (χ0n) is 9.90. The molecule has 18 heavy (non-hydrogen) atoms. The van der Waals surface area contributed by atoms with E-state index in [0.29, 0.717) is 10.5 Å². The molecule has 0 radical (unpaired) electrons. The van der Waals surface area contributed by atoms with Gasteiger partial charge in [0, 0.05) is 11.1 Å². The van der Waals surface area contributed by atoms with Gasteiger partial charge in [0.1, 0.15) is 9.71 Å². The van der Waals surface area contributed by atoms with Gasteiger partial charge in [-0.1, -0.05) is 0 Å². The molecule has 0 saturated heterocycles. The molecule has 3 amide bonds. The third-order valence-electron chi connectivity index (χ3n) is 2.47. The van der Waals surface area contributed by atoms with Crippen molar-refractivity contribution in [2.45, 2.75) is 13.8 Å². The Morgan fingerprint density at radius 1 is 1.39 bits per heavy atom. The first kappa shape index (κ1) is 12.3. The van der Waals surface area contributed by atoms with Crippen LogP contribution in [0.3, 0.4) is 0 Å². The SMILES string of the molecule is Cc1cc(C)c2c(N)c(C(=O)NC(N)=O)sc2n1. The molecule has 0 spiro atoms. The molecule has 6 nitrogen and oxygen atoms in total. The maximum absolute atomic E-state index is 11.7. The lowest BCUT2D eigenvalue weighted by Gasteiger charge is -2.00. The predicted molar refractivity (Wildman–Crippen MR) is 70.6 cm³/mol. The summed E-state index contributed by atoms with van der Waals surface area (Å²) in [5.74, 6) is -0.597. The van der Waals surface area contributed by atoms with Crippen LogP contribution in [0.25, 0.3) is 10.2 Å². The van der Waals surface area contributed by atoms with E-state index >= 15 is 0 Å². The third kappa shape index (κ3) is 2.00. The van der Waals surface area contributed by atoms with Gasteiger partial charge in [-0.3, -0.25) is 10.1 Å². The van der Waals surface area contributed by atoms with Crippen molar-refractivity contribution in [2.24, 2.45) is 5.73 Å². The number of amides is 3. The van der Waals surface area contributed by atoms with Crippen molar-refractivity contribution < 1.29 is 9.59 Å². The first-order chi connectivity index (χ1) is 8.40. The highest BCUT2D eigenvalue weighted by molar-refractivity contribution is 7.21. The van der Waals surface area contributed by atoms with Crippen LogP contribution in [0.1, 0.15) is 20.9 Å². The monoisotopic (exact) mass is 264 g/mol. The van der Waals surface area contributed by atoms with E-state index in [1.807, 2.05) is 25.2 Å². The van der Waals surface area contributed by atoms with Crippen molar-refractivity contribution >= 4 is 39.2 Å². The second-order valence-electron chi connectivity index (χ2n) is 3.92. The van der Waals surface area contributed by atoms with Gasteiger partial charge in [0.25, 0.3) is 5.91 Å². The fourth-order valence-corrected chi connectivity index (χ4v) is 2.92. The molecule has 2 heterocycles. The second-order valence-corrected chi connectivity index (χ2v) is 4.92. The number of imide groups is 1. The zero-order chi connectivity index (χ0) is 13.4. The average molecular weight is 264 g/mol. The maximum Gasteiger partial charge on any atom is 0.319 e. The second kappa shape index (κ2) is 4.26. The van der Waals surface area contributed by atoms with Crippen molar-refractivity contribution in [1.82, 2.24) is 10.3 Å². The van der Waals surface area contributed by atoms with Crippen LogP contribution in [-0.2, 0) is 0 Å². The van der Waals surface area contributed by atoms with E-state index < -0.39 is 11.9 Å². The van der Waals surface area contributed by atoms with Crippen molar-refractivity contribution in [3.8, 4) is 0 Å². The van der Waals surface area contributed by atoms with E-state index in [1.54, 1.807) is 0 Å². The first-order valence-corrected chi connectivity index (χ1v) is 5.98. The summed E-state index contributed by atoms with van der Waals surface area (Å²) in [6.45, 7) is 3.77. The van der Waals surface area contributed by atoms with E-state index in [0.717, 1.165) is 28.0 Å². The molecule has 0 unspecified atom stereocenters. The highest BCUT2D eigenvalue weighted by atomic mass is 32.1. The maximum atomic E-state index is 11.7. The molecule has 0 aliphatic carbocycles. The molecule has 2 aromatic heterocycles. The van der Waals surface area contributed by atoms with Crippen LogP contribution < -0.4 is 16.8 Å². The predicted octanol–water partition coefficient (Wildman–Crippen LogP) is 1.30. The number of carbonyl (C=O) groups is 2. The van der Waals surface area contributed by atoms with E-state index in [1.165, 1.54) is 0 Å². The number of pyridine rings is 1. The number of nitrogens with zero attached hydrogens (tertiary/aromatic N) is 1. The number of carbonyl (C=O) groups excluding carboxylic acids is 2. The summed E-state index contributed by atoms with van der Waals surface area (Å²) >= 11 is 1.15. The summed E-state index contributed by atoms with van der Waals surface area (Å²) in [4.78, 5) is 27.7. The number of thiophene rings is 1. The number of hydrogen-bond acceptors (Lipinski definition) is 5. The number of aryl methyl sites for hydroxylation is 2. The average Bonchev–Trinajstić information content (AvgIpc) is 2.54. The van der Waals surface area contributed by atoms with Crippen LogP contribution >= 0.6 is 11.3 Å². The molecule has 0 aliphatic rings. The van der Waals surface area contributed by atoms with E-state index in [-0.39, 0.29) is 4.88 Å². The molecule has 7 heteroatoms. The van der Waals surface area contributed by atoms with Gasteiger partial charge in [-0.25, -0.2) is 9.78 Å². The fourth-order valence-electron chi connectivity index (χ4n) is 1.81. The van der Waals surface area contributed by atoms with Gasteiger partial charge >= 0.3 is 6.03 Å². The van der Waals surface area contributed by atoms with Crippen molar-refractivity contribution in [1.29, 1.82) is 0 Å². The smallest absolute Gasteiger partial charge is 0.319 e. The van der Waals surface area contributed by atoms with Gasteiger partial charge in [-0.15, -0.1) is 11.3 Å². The Labute approximate surface area is 107 Å². The van der Waals surface area contributed by atoms with Gasteiger partial charge in [0.2, 0.25) is 0 Å². The van der Waals surface area contributed by atoms with Crippen LogP contribution in [0.4, 0.5) is 10.5 Å². The van der Waals surface area contributed by atoms with Crippen molar-refractivity contribution in [3.63, 3.8) is 0 Å². The Hall–Kier alpha value is -2.15. The van der Waals surface area contributed by atoms with Crippen LogP contribution in [0.2, 0.25) is 0 Å². The van der Waals surface area contributed by atoms with Gasteiger partial charge in [-0.05, 0) is 25.5 Å². The van der Waals surface area contributed by atoms with Crippen LogP contribution in [0.15, 0.2) is 6.07 Å². The summed E-state index contributed by atoms with van der Waals surface area (Å²) in [5, 5.41) is 2.75. The van der Waals surface area contributed by atoms with Crippen LogP contribution in [0, 0.1) is 13.8 Å². The lowest BCUT2D eigenvalue weighted by atomic mass is 10.1. The summed E-state index contributed by atoms with van der Waals surface area (Å²) in [6.07, 6.45) is 0. The highest BCUT2D eigenvalue weighted by Gasteiger charge is 2.19. The number of anilines is 1. The number of nitrogens with two attached hydrogens (primary N) is 2. The number of rotatable bonds is 1. The molecule has 2 aromatic rings. The molecule has 94 valence electrons. The minimum Gasteiger partial charge on any atom is -0.397 e. The molecule has 0 bridgehead atoms. The Morgan fingerprint density at radius 3 is 2.67 bits per heavy atom. The Kier molecular flexibility index (Phi) is 2.92. The van der Waals surface area contributed by atoms with E-state index in [4.69, 9.17) is 11.5 Å². The van der Waals surface area contributed by atoms with E-state index in [2.05, 4.69) is 4.98 Å². The molecule has 0 aliphatic heterocycles. The number of nitrogens with one attached hydrogen (secondary N) is 1. The molecule has 2 rings (SSSR count). The lowest BCUT2D eigenvalue weighted by Crippen LogP contribution is -2.34. The number of nitrogen functional groups attached to an aromatic ring is 1. The topological polar surface area (TPSA) is 111 Å². The van der Waals surface area contributed by atoms with Crippen LogP contribution in [-0.4, -0.2) is 16.9 Å². The first-order valence-electron chi connectivity index (χ1n) is 5.17. The number of hydrogen-bond donors (Lipinski definition) is 3. The lowest BCUT2D eigenvalue weighted by molar-refractivity contribution is 0.0971. The third-order valence-corrected chi connectivity index (χ3v) is 3.57. The van der Waals surface area contributed by atoms with Gasteiger partial charge in [0.15, 0.2) is 0 Å². The van der Waals surface area contributed by atoms with Crippen molar-refractivity contribution in [2.75, 3.05) is 5.73 Å². The molecule has 5 N–H and O–H groups in total. The highest BCUT2D eigenvalue weighted by Crippen LogP contribution is 2.34. The summed E-state index contributed by atoms with van der Waals surface area (Å²) in [7, 11) is 0. The number of aromatic nitrogens is 1. The minimum atomic E-state index is -0.905. The zero-order valence-corrected chi connectivity index (χ0v) is 10.7.